The van der Waals surface area contributed by atoms with E-state index >= 15 is 0 Å². The van der Waals surface area contributed by atoms with E-state index in [4.69, 9.17) is 16.6 Å². The van der Waals surface area contributed by atoms with E-state index in [1.54, 1.807) is 30.6 Å². The molecule has 1 heterocycles. The zero-order valence-electron chi connectivity index (χ0n) is 14.4. The van der Waals surface area contributed by atoms with Gasteiger partial charge in [0.1, 0.15) is 0 Å². The van der Waals surface area contributed by atoms with Crippen LogP contribution < -0.4 is 11.5 Å². The average Bonchev–Trinajstić information content (AvgIpc) is 2.61. The third kappa shape index (κ3) is 7.65. The molecule has 3 rings (SSSR count). The Bertz CT molecular complexity index is 763. The van der Waals surface area contributed by atoms with Gasteiger partial charge in [0.05, 0.1) is 5.56 Å². The second-order valence-corrected chi connectivity index (χ2v) is 5.28. The molecule has 0 radical (unpaired) electrons. The van der Waals surface area contributed by atoms with E-state index in [0.717, 1.165) is 11.3 Å². The van der Waals surface area contributed by atoms with Crippen LogP contribution in [0.3, 0.4) is 0 Å². The van der Waals surface area contributed by atoms with E-state index in [1.165, 1.54) is 11.6 Å². The first kappa shape index (κ1) is 19.7. The number of benzene rings is 2. The molecular formula is C20H23N3O2. The molecule has 5 heteroatoms. The van der Waals surface area contributed by atoms with Crippen LogP contribution in [-0.4, -0.2) is 16.1 Å². The van der Waals surface area contributed by atoms with Crippen LogP contribution in [-0.2, 0) is 0 Å². The third-order valence-electron chi connectivity index (χ3n) is 3.18. The molecule has 0 amide bonds. The van der Waals surface area contributed by atoms with Crippen molar-refractivity contribution in [2.24, 2.45) is 0 Å². The highest BCUT2D eigenvalue weighted by molar-refractivity contribution is 5.93. The van der Waals surface area contributed by atoms with Crippen molar-refractivity contribution < 1.29 is 9.90 Å². The summed E-state index contributed by atoms with van der Waals surface area (Å²) in [6.07, 6.45) is 3.50. The van der Waals surface area contributed by atoms with Crippen LogP contribution in [0.1, 0.15) is 21.5 Å². The van der Waals surface area contributed by atoms with Gasteiger partial charge < -0.3 is 16.6 Å². The maximum Gasteiger partial charge on any atom is 0.337 e. The van der Waals surface area contributed by atoms with Crippen molar-refractivity contribution in [1.29, 1.82) is 0 Å². The number of hydrogen-bond acceptors (Lipinski definition) is 4. The van der Waals surface area contributed by atoms with E-state index in [0.29, 0.717) is 5.69 Å². The molecule has 0 saturated carbocycles. The molecule has 0 atom stereocenters. The minimum Gasteiger partial charge on any atom is -0.478 e. The number of aromatic nitrogens is 1. The first-order chi connectivity index (χ1) is 11.9. The molecule has 1 aromatic heterocycles. The van der Waals surface area contributed by atoms with Gasteiger partial charge in [0.15, 0.2) is 0 Å². The fourth-order valence-electron chi connectivity index (χ4n) is 1.83. The van der Waals surface area contributed by atoms with Gasteiger partial charge in [0.25, 0.3) is 0 Å². The SMILES string of the molecule is Cc1ccc(N)c(C)c1.Nc1ccccc1C(=O)O.c1ccncc1. The molecule has 0 saturated heterocycles. The van der Waals surface area contributed by atoms with Gasteiger partial charge in [-0.1, -0.05) is 35.9 Å². The molecule has 2 aromatic carbocycles. The van der Waals surface area contributed by atoms with Crippen molar-refractivity contribution in [2.45, 2.75) is 13.8 Å². The molecular weight excluding hydrogens is 314 g/mol. The molecule has 5 N–H and O–H groups in total. The van der Waals surface area contributed by atoms with E-state index in [1.807, 2.05) is 37.3 Å². The number of aromatic carboxylic acids is 1. The minimum atomic E-state index is -0.988. The Morgan fingerprint density at radius 1 is 0.880 bits per heavy atom. The standard InChI is InChI=1S/C8H11N.C7H7NO2.C5H5N/c1-6-3-4-8(9)7(2)5-6;8-6-4-2-1-3-5(6)7(9)10;1-2-4-6-5-3-1/h3-5H,9H2,1-2H3;1-4H,8H2,(H,9,10);1-5H. The number of rotatable bonds is 1. The number of anilines is 2. The summed E-state index contributed by atoms with van der Waals surface area (Å²) in [6, 6.07) is 18.1. The lowest BCUT2D eigenvalue weighted by molar-refractivity contribution is 0.0698. The van der Waals surface area contributed by atoms with Crippen molar-refractivity contribution in [3.63, 3.8) is 0 Å². The Kier molecular flexibility index (Phi) is 8.23. The van der Waals surface area contributed by atoms with E-state index in [2.05, 4.69) is 18.0 Å². The molecule has 5 nitrogen and oxygen atoms in total. The fraction of sp³-hybridized carbons (Fsp3) is 0.100. The second-order valence-electron chi connectivity index (χ2n) is 5.28. The van der Waals surface area contributed by atoms with Crippen LogP contribution in [0, 0.1) is 13.8 Å². The molecule has 0 bridgehead atoms. The highest BCUT2D eigenvalue weighted by Crippen LogP contribution is 2.11. The number of nitrogen functional groups attached to an aromatic ring is 2. The number of pyridine rings is 1. The molecule has 0 spiro atoms. The van der Waals surface area contributed by atoms with E-state index in [9.17, 15) is 4.79 Å². The van der Waals surface area contributed by atoms with Gasteiger partial charge in [-0.15, -0.1) is 0 Å². The number of carbonyl (C=O) groups is 1. The largest absolute Gasteiger partial charge is 0.478 e. The van der Waals surface area contributed by atoms with Crippen molar-refractivity contribution in [2.75, 3.05) is 11.5 Å². The zero-order valence-corrected chi connectivity index (χ0v) is 14.4. The van der Waals surface area contributed by atoms with Gasteiger partial charge in [-0.2, -0.15) is 0 Å². The van der Waals surface area contributed by atoms with Crippen LogP contribution >= 0.6 is 0 Å². The van der Waals surface area contributed by atoms with E-state index < -0.39 is 5.97 Å². The van der Waals surface area contributed by atoms with Crippen LogP contribution in [0.15, 0.2) is 73.1 Å². The second kappa shape index (κ2) is 10.4. The highest BCUT2D eigenvalue weighted by atomic mass is 16.4. The zero-order chi connectivity index (χ0) is 18.7. The smallest absolute Gasteiger partial charge is 0.337 e. The topological polar surface area (TPSA) is 102 Å². The predicted octanol–water partition coefficient (Wildman–Crippen LogP) is 3.93. The van der Waals surface area contributed by atoms with Crippen molar-refractivity contribution in [3.8, 4) is 0 Å². The summed E-state index contributed by atoms with van der Waals surface area (Å²) in [4.78, 5) is 14.1. The molecule has 3 aromatic rings. The van der Waals surface area contributed by atoms with Gasteiger partial charge in [-0.25, -0.2) is 4.79 Å². The molecule has 0 fully saturated rings. The lowest BCUT2D eigenvalue weighted by Gasteiger charge is -1.98. The highest BCUT2D eigenvalue weighted by Gasteiger charge is 2.03. The summed E-state index contributed by atoms with van der Waals surface area (Å²) in [6.45, 7) is 4.08. The molecule has 0 aliphatic carbocycles. The van der Waals surface area contributed by atoms with Crippen molar-refractivity contribution >= 4 is 17.3 Å². The lowest BCUT2D eigenvalue weighted by atomic mass is 10.1. The Balaban J connectivity index is 0.000000193. The Morgan fingerprint density at radius 2 is 1.52 bits per heavy atom. The van der Waals surface area contributed by atoms with Gasteiger partial charge >= 0.3 is 5.97 Å². The normalized spacial score (nSPS) is 9.04. The van der Waals surface area contributed by atoms with Gasteiger partial charge in [0.2, 0.25) is 0 Å². The number of carboxylic acid groups (broad SMARTS) is 1. The van der Waals surface area contributed by atoms with Crippen LogP contribution in [0.25, 0.3) is 0 Å². The Labute approximate surface area is 148 Å². The Morgan fingerprint density at radius 3 is 1.88 bits per heavy atom. The van der Waals surface area contributed by atoms with E-state index in [-0.39, 0.29) is 5.56 Å². The Hall–Kier alpha value is -3.34. The number of aryl methyl sites for hydroxylation is 2. The summed E-state index contributed by atoms with van der Waals surface area (Å²) in [5.74, 6) is -0.988. The summed E-state index contributed by atoms with van der Waals surface area (Å²) in [5.41, 5.74) is 14.7. The minimum absolute atomic E-state index is 0.155. The summed E-state index contributed by atoms with van der Waals surface area (Å²) < 4.78 is 0. The quantitative estimate of drug-likeness (QED) is 0.584. The predicted molar refractivity (Wildman–Crippen MR) is 102 cm³/mol. The monoisotopic (exact) mass is 337 g/mol. The number of hydrogen-bond donors (Lipinski definition) is 3. The average molecular weight is 337 g/mol. The van der Waals surface area contributed by atoms with Crippen molar-refractivity contribution in [3.05, 3.63) is 89.7 Å². The number of para-hydroxylation sites is 1. The summed E-state index contributed by atoms with van der Waals surface area (Å²) in [7, 11) is 0. The molecule has 0 aliphatic rings. The first-order valence-corrected chi connectivity index (χ1v) is 7.67. The number of nitrogens with two attached hydrogens (primary N) is 2. The maximum atomic E-state index is 10.3. The summed E-state index contributed by atoms with van der Waals surface area (Å²) >= 11 is 0. The fourth-order valence-corrected chi connectivity index (χ4v) is 1.83. The van der Waals surface area contributed by atoms with Gasteiger partial charge in [-0.3, -0.25) is 4.98 Å². The van der Waals surface area contributed by atoms with Crippen molar-refractivity contribution in [1.82, 2.24) is 4.98 Å². The molecule has 0 unspecified atom stereocenters. The summed E-state index contributed by atoms with van der Waals surface area (Å²) in [5, 5.41) is 8.49. The van der Waals surface area contributed by atoms with Gasteiger partial charge in [0, 0.05) is 23.8 Å². The molecule has 25 heavy (non-hydrogen) atoms. The third-order valence-corrected chi connectivity index (χ3v) is 3.18. The van der Waals surface area contributed by atoms with Crippen LogP contribution in [0.5, 0.6) is 0 Å². The van der Waals surface area contributed by atoms with Gasteiger partial charge in [-0.05, 0) is 49.7 Å². The number of carboxylic acids is 1. The molecule has 0 aliphatic heterocycles. The van der Waals surface area contributed by atoms with Crippen LogP contribution in [0.4, 0.5) is 11.4 Å². The number of nitrogens with zero attached hydrogens (tertiary/aromatic N) is 1. The lowest BCUT2D eigenvalue weighted by Crippen LogP contribution is -2.00. The first-order valence-electron chi connectivity index (χ1n) is 7.67. The maximum absolute atomic E-state index is 10.3. The van der Waals surface area contributed by atoms with Crippen LogP contribution in [0.2, 0.25) is 0 Å². The molecule has 130 valence electrons.